The summed E-state index contributed by atoms with van der Waals surface area (Å²) in [4.78, 5) is 4.21. The molecule has 0 atom stereocenters. The lowest BCUT2D eigenvalue weighted by Crippen LogP contribution is -2.38. The molecule has 0 saturated heterocycles. The summed E-state index contributed by atoms with van der Waals surface area (Å²) in [7, 11) is 1.79. The van der Waals surface area contributed by atoms with E-state index in [0.717, 1.165) is 57.3 Å². The molecule has 1 rings (SSSR count). The maximum Gasteiger partial charge on any atom is 0.190 e. The lowest BCUT2D eigenvalue weighted by atomic mass is 10.2. The van der Waals surface area contributed by atoms with Crippen molar-refractivity contribution in [2.45, 2.75) is 33.1 Å². The van der Waals surface area contributed by atoms with Crippen molar-refractivity contribution in [2.24, 2.45) is 4.99 Å². The van der Waals surface area contributed by atoms with Gasteiger partial charge in [-0.25, -0.2) is 0 Å². The van der Waals surface area contributed by atoms with Crippen molar-refractivity contribution in [2.75, 3.05) is 40.0 Å². The number of aryl methyl sites for hydroxylation is 1. The van der Waals surface area contributed by atoms with Crippen molar-refractivity contribution in [3.8, 4) is 5.75 Å². The highest BCUT2D eigenvalue weighted by Crippen LogP contribution is 2.15. The van der Waals surface area contributed by atoms with Crippen molar-refractivity contribution in [3.05, 3.63) is 29.8 Å². The Morgan fingerprint density at radius 1 is 1.04 bits per heavy atom. The van der Waals surface area contributed by atoms with E-state index < -0.39 is 0 Å². The minimum Gasteiger partial charge on any atom is -0.493 e. The van der Waals surface area contributed by atoms with Crippen LogP contribution < -0.4 is 15.4 Å². The number of nitrogens with zero attached hydrogens (tertiary/aromatic N) is 1. The summed E-state index contributed by atoms with van der Waals surface area (Å²) in [6, 6.07) is 8.09. The van der Waals surface area contributed by atoms with Crippen molar-refractivity contribution in [1.82, 2.24) is 10.6 Å². The van der Waals surface area contributed by atoms with E-state index in [1.165, 1.54) is 5.56 Å². The highest BCUT2D eigenvalue weighted by Gasteiger charge is 1.99. The maximum absolute atomic E-state index is 5.77. The summed E-state index contributed by atoms with van der Waals surface area (Å²) < 4.78 is 11.1. The largest absolute Gasteiger partial charge is 0.493 e. The molecule has 0 aliphatic heterocycles. The normalized spacial score (nSPS) is 11.3. The van der Waals surface area contributed by atoms with Crippen molar-refractivity contribution >= 4 is 5.96 Å². The van der Waals surface area contributed by atoms with E-state index in [0.29, 0.717) is 6.61 Å². The average molecular weight is 321 g/mol. The monoisotopic (exact) mass is 321 g/mol. The summed E-state index contributed by atoms with van der Waals surface area (Å²) >= 11 is 0. The molecule has 23 heavy (non-hydrogen) atoms. The van der Waals surface area contributed by atoms with Gasteiger partial charge >= 0.3 is 0 Å². The second kappa shape index (κ2) is 12.8. The Morgan fingerprint density at radius 2 is 1.78 bits per heavy atom. The van der Waals surface area contributed by atoms with Crippen LogP contribution in [0, 0.1) is 6.92 Å². The first-order valence-corrected chi connectivity index (χ1v) is 8.48. The molecule has 130 valence electrons. The van der Waals surface area contributed by atoms with Crippen LogP contribution in [0.2, 0.25) is 0 Å². The van der Waals surface area contributed by atoms with Crippen LogP contribution in [-0.2, 0) is 4.74 Å². The number of nitrogens with one attached hydrogen (secondary N) is 2. The standard InChI is InChI=1S/C18H31N3O2/c1-4-22-14-8-7-12-20-18(19-3)21-13-9-15-23-17-11-6-5-10-16(17)2/h5-6,10-11H,4,7-9,12-15H2,1-3H3,(H2,19,20,21). The van der Waals surface area contributed by atoms with Gasteiger partial charge in [0.1, 0.15) is 5.75 Å². The van der Waals surface area contributed by atoms with Crippen LogP contribution >= 0.6 is 0 Å². The second-order valence-corrected chi connectivity index (χ2v) is 5.30. The molecule has 0 unspecified atom stereocenters. The molecule has 1 aromatic carbocycles. The van der Waals surface area contributed by atoms with Gasteiger partial charge in [-0.3, -0.25) is 4.99 Å². The lowest BCUT2D eigenvalue weighted by molar-refractivity contribution is 0.143. The Kier molecular flexibility index (Phi) is 10.7. The molecule has 0 amide bonds. The molecule has 0 bridgehead atoms. The molecule has 0 aliphatic carbocycles. The van der Waals surface area contributed by atoms with Gasteiger partial charge < -0.3 is 20.1 Å². The third-order valence-corrected chi connectivity index (χ3v) is 3.40. The van der Waals surface area contributed by atoms with E-state index in [2.05, 4.69) is 28.6 Å². The fraction of sp³-hybridized carbons (Fsp3) is 0.611. The highest BCUT2D eigenvalue weighted by molar-refractivity contribution is 5.79. The van der Waals surface area contributed by atoms with E-state index in [9.17, 15) is 0 Å². The molecule has 0 fully saturated rings. The predicted molar refractivity (Wildman–Crippen MR) is 96.4 cm³/mol. The lowest BCUT2D eigenvalue weighted by Gasteiger charge is -2.12. The fourth-order valence-electron chi connectivity index (χ4n) is 2.08. The number of ether oxygens (including phenoxy) is 2. The third-order valence-electron chi connectivity index (χ3n) is 3.40. The molecule has 0 heterocycles. The smallest absolute Gasteiger partial charge is 0.190 e. The van der Waals surface area contributed by atoms with Crippen molar-refractivity contribution in [3.63, 3.8) is 0 Å². The first-order valence-electron chi connectivity index (χ1n) is 8.48. The first kappa shape index (κ1) is 19.3. The highest BCUT2D eigenvalue weighted by atomic mass is 16.5. The van der Waals surface area contributed by atoms with Gasteiger partial charge in [-0.1, -0.05) is 18.2 Å². The number of rotatable bonds is 11. The van der Waals surface area contributed by atoms with Gasteiger partial charge in [0, 0.05) is 33.4 Å². The van der Waals surface area contributed by atoms with Crippen LogP contribution in [-0.4, -0.2) is 45.9 Å². The quantitative estimate of drug-likeness (QED) is 0.374. The molecule has 0 spiro atoms. The number of aliphatic imine (C=N–C) groups is 1. The molecule has 1 aromatic rings. The average Bonchev–Trinajstić information content (AvgIpc) is 2.57. The number of benzene rings is 1. The topological polar surface area (TPSA) is 54.9 Å². The minimum atomic E-state index is 0.698. The van der Waals surface area contributed by atoms with Crippen LogP contribution in [0.5, 0.6) is 5.75 Å². The number of hydrogen-bond donors (Lipinski definition) is 2. The van der Waals surface area contributed by atoms with Crippen LogP contribution in [0.3, 0.4) is 0 Å². The molecule has 0 aromatic heterocycles. The Balaban J connectivity index is 2.05. The molecule has 0 radical (unpaired) electrons. The van der Waals surface area contributed by atoms with E-state index >= 15 is 0 Å². The number of guanidine groups is 1. The summed E-state index contributed by atoms with van der Waals surface area (Å²) in [5.41, 5.74) is 1.17. The van der Waals surface area contributed by atoms with E-state index in [-0.39, 0.29) is 0 Å². The number of hydrogen-bond acceptors (Lipinski definition) is 3. The van der Waals surface area contributed by atoms with Gasteiger partial charge in [-0.15, -0.1) is 0 Å². The molecular weight excluding hydrogens is 290 g/mol. The zero-order chi connectivity index (χ0) is 16.8. The van der Waals surface area contributed by atoms with Crippen LogP contribution in [0.4, 0.5) is 0 Å². The van der Waals surface area contributed by atoms with E-state index in [1.807, 2.05) is 25.1 Å². The first-order chi connectivity index (χ1) is 11.3. The number of unbranched alkanes of at least 4 members (excludes halogenated alkanes) is 1. The Labute approximate surface area is 140 Å². The van der Waals surface area contributed by atoms with Gasteiger partial charge in [0.2, 0.25) is 0 Å². The maximum atomic E-state index is 5.77. The summed E-state index contributed by atoms with van der Waals surface area (Å²) in [5.74, 6) is 1.81. The van der Waals surface area contributed by atoms with Crippen molar-refractivity contribution in [1.29, 1.82) is 0 Å². The van der Waals surface area contributed by atoms with Crippen LogP contribution in [0.1, 0.15) is 31.7 Å². The van der Waals surface area contributed by atoms with Crippen LogP contribution in [0.15, 0.2) is 29.3 Å². The molecule has 0 aliphatic rings. The second-order valence-electron chi connectivity index (χ2n) is 5.30. The zero-order valence-corrected chi connectivity index (χ0v) is 14.7. The van der Waals surface area contributed by atoms with Crippen molar-refractivity contribution < 1.29 is 9.47 Å². The van der Waals surface area contributed by atoms with E-state index in [4.69, 9.17) is 9.47 Å². The summed E-state index contributed by atoms with van der Waals surface area (Å²) in [6.45, 7) is 8.15. The molecule has 5 nitrogen and oxygen atoms in total. The third kappa shape index (κ3) is 9.08. The zero-order valence-electron chi connectivity index (χ0n) is 14.7. The summed E-state index contributed by atoms with van der Waals surface area (Å²) in [6.07, 6.45) is 3.08. The molecule has 2 N–H and O–H groups in total. The molecule has 5 heteroatoms. The van der Waals surface area contributed by atoms with Crippen LogP contribution in [0.25, 0.3) is 0 Å². The predicted octanol–water partition coefficient (Wildman–Crippen LogP) is 2.75. The van der Waals surface area contributed by atoms with E-state index in [1.54, 1.807) is 7.05 Å². The molecule has 0 saturated carbocycles. The van der Waals surface area contributed by atoms with Gasteiger partial charge in [0.05, 0.1) is 6.61 Å². The number of para-hydroxylation sites is 1. The summed E-state index contributed by atoms with van der Waals surface area (Å²) in [5, 5.41) is 6.61. The fourth-order valence-corrected chi connectivity index (χ4v) is 2.08. The Morgan fingerprint density at radius 3 is 2.48 bits per heavy atom. The Bertz CT molecular complexity index is 450. The minimum absolute atomic E-state index is 0.698. The SMILES string of the molecule is CCOCCCCNC(=NC)NCCCOc1ccccc1C. The Hall–Kier alpha value is -1.75. The molecular formula is C18H31N3O2. The van der Waals surface area contributed by atoms with Gasteiger partial charge in [0.15, 0.2) is 5.96 Å². The van der Waals surface area contributed by atoms with Gasteiger partial charge in [-0.05, 0) is 44.7 Å². The van der Waals surface area contributed by atoms with Gasteiger partial charge in [0.25, 0.3) is 0 Å². The van der Waals surface area contributed by atoms with Gasteiger partial charge in [-0.2, -0.15) is 0 Å².